The van der Waals surface area contributed by atoms with E-state index >= 15 is 0 Å². The van der Waals surface area contributed by atoms with Crippen LogP contribution >= 0.6 is 0 Å². The summed E-state index contributed by atoms with van der Waals surface area (Å²) in [5.41, 5.74) is 9.42. The minimum absolute atomic E-state index is 0.181. The van der Waals surface area contributed by atoms with Crippen molar-refractivity contribution in [1.82, 2.24) is 4.57 Å². The Bertz CT molecular complexity index is 1320. The second kappa shape index (κ2) is 7.73. The quantitative estimate of drug-likeness (QED) is 0.305. The van der Waals surface area contributed by atoms with E-state index in [9.17, 15) is 0 Å². The Morgan fingerprint density at radius 3 is 2.21 bits per heavy atom. The van der Waals surface area contributed by atoms with E-state index in [1.54, 1.807) is 0 Å². The second-order valence-corrected chi connectivity index (χ2v) is 10.1. The zero-order chi connectivity index (χ0) is 22.6. The second-order valence-electron chi connectivity index (χ2n) is 10.1. The van der Waals surface area contributed by atoms with E-state index in [-0.39, 0.29) is 5.41 Å². The summed E-state index contributed by atoms with van der Waals surface area (Å²) in [5.74, 6) is 2.06. The molecule has 2 nitrogen and oxygen atoms in total. The van der Waals surface area contributed by atoms with Crippen LogP contribution in [0, 0.1) is 13.8 Å². The Labute approximate surface area is 197 Å². The van der Waals surface area contributed by atoms with Crippen molar-refractivity contribution in [2.24, 2.45) is 0 Å². The summed E-state index contributed by atoms with van der Waals surface area (Å²) in [6.07, 6.45) is 6.58. The normalized spacial score (nSPS) is 20.0. The van der Waals surface area contributed by atoms with Gasteiger partial charge in [0.1, 0.15) is 11.4 Å². The molecule has 1 fully saturated rings. The minimum Gasteiger partial charge on any atom is -0.196 e. The fraction of sp³-hybridized carbons (Fsp3) is 0.323. The molecule has 0 radical (unpaired) electrons. The lowest BCUT2D eigenvalue weighted by Crippen LogP contribution is -2.39. The summed E-state index contributed by atoms with van der Waals surface area (Å²) in [6, 6.07) is 29.1. The molecule has 1 aliphatic carbocycles. The van der Waals surface area contributed by atoms with Gasteiger partial charge in [0.25, 0.3) is 5.82 Å². The highest BCUT2D eigenvalue weighted by Gasteiger charge is 2.52. The average molecular weight is 434 g/mol. The average Bonchev–Trinajstić information content (AvgIpc) is 3.32. The van der Waals surface area contributed by atoms with Crippen molar-refractivity contribution in [3.05, 3.63) is 113 Å². The highest BCUT2D eigenvalue weighted by atomic mass is 15.2. The molecular weight excluding hydrogens is 400 g/mol. The molecule has 1 aliphatic heterocycles. The van der Waals surface area contributed by atoms with Gasteiger partial charge in [0.2, 0.25) is 0 Å². The number of nitrogens with zero attached hydrogens (tertiary/aromatic N) is 2. The maximum Gasteiger partial charge on any atom is 0.270 e. The summed E-state index contributed by atoms with van der Waals surface area (Å²) >= 11 is 0. The van der Waals surface area contributed by atoms with E-state index in [0.29, 0.717) is 5.92 Å². The van der Waals surface area contributed by atoms with Crippen LogP contribution in [-0.4, -0.2) is 4.57 Å². The van der Waals surface area contributed by atoms with Crippen molar-refractivity contribution in [2.75, 3.05) is 0 Å². The summed E-state index contributed by atoms with van der Waals surface area (Å²) < 4.78 is 5.26. The van der Waals surface area contributed by atoms with E-state index < -0.39 is 0 Å². The molecule has 0 bridgehead atoms. The molecule has 1 saturated carbocycles. The van der Waals surface area contributed by atoms with Crippen LogP contribution in [0.3, 0.4) is 0 Å². The summed E-state index contributed by atoms with van der Waals surface area (Å²) in [6.45, 7) is 7.02. The Kier molecular flexibility index (Phi) is 4.79. The van der Waals surface area contributed by atoms with Crippen LogP contribution in [0.1, 0.15) is 78.8 Å². The first-order valence-corrected chi connectivity index (χ1v) is 12.5. The first-order valence-electron chi connectivity index (χ1n) is 12.5. The Morgan fingerprint density at radius 1 is 0.788 bits per heavy atom. The molecule has 0 N–H and O–H groups in total. The van der Waals surface area contributed by atoms with Gasteiger partial charge in [0.15, 0.2) is 11.4 Å². The number of aryl methyl sites for hydroxylation is 1. The smallest absolute Gasteiger partial charge is 0.196 e. The van der Waals surface area contributed by atoms with E-state index in [1.165, 1.54) is 77.4 Å². The number of imidazole rings is 1. The van der Waals surface area contributed by atoms with Gasteiger partial charge in [-0.05, 0) is 49.9 Å². The SMILES string of the molecule is Cc1ccccc1-n1c(C)c2[n+](c1C1CCCCC1)-c1ccccc1C2(C)c1ccccc1. The largest absolute Gasteiger partial charge is 0.270 e. The lowest BCUT2D eigenvalue weighted by Gasteiger charge is -2.24. The molecule has 0 amide bonds. The number of aromatic nitrogens is 2. The van der Waals surface area contributed by atoms with E-state index in [0.717, 1.165) is 0 Å². The highest BCUT2D eigenvalue weighted by molar-refractivity contribution is 5.58. The number of benzene rings is 3. The first kappa shape index (κ1) is 20.5. The van der Waals surface area contributed by atoms with Crippen LogP contribution in [0.25, 0.3) is 11.4 Å². The first-order chi connectivity index (χ1) is 16.1. The van der Waals surface area contributed by atoms with Gasteiger partial charge < -0.3 is 0 Å². The predicted octanol–water partition coefficient (Wildman–Crippen LogP) is 7.09. The Hall–Kier alpha value is -3.13. The number of fused-ring (bicyclic) bond motifs is 3. The van der Waals surface area contributed by atoms with Gasteiger partial charge >= 0.3 is 0 Å². The standard InChI is InChI=1S/C31H33N2/c1-22-14-10-12-20-27(22)32-23(2)29-31(3,25-17-8-5-9-18-25)26-19-11-13-21-28(26)33(29)30(32)24-15-6-4-7-16-24/h5,8-14,17-21,24H,4,6-7,15-16H2,1-3H3/q+1. The van der Waals surface area contributed by atoms with E-state index in [4.69, 9.17) is 0 Å². The third-order valence-electron chi connectivity index (χ3n) is 8.19. The molecule has 1 atom stereocenters. The van der Waals surface area contributed by atoms with Gasteiger partial charge in [0.05, 0.1) is 11.3 Å². The van der Waals surface area contributed by atoms with Gasteiger partial charge in [-0.2, -0.15) is 9.13 Å². The number of para-hydroxylation sites is 2. The highest BCUT2D eigenvalue weighted by Crippen LogP contribution is 2.48. The maximum atomic E-state index is 2.65. The molecule has 0 spiro atoms. The van der Waals surface area contributed by atoms with Gasteiger partial charge in [-0.25, -0.2) is 0 Å². The molecule has 33 heavy (non-hydrogen) atoms. The fourth-order valence-corrected chi connectivity index (χ4v) is 6.61. The van der Waals surface area contributed by atoms with E-state index in [2.05, 4.69) is 109 Å². The molecular formula is C31H33N2+. The molecule has 0 saturated heterocycles. The van der Waals surface area contributed by atoms with Crippen molar-refractivity contribution >= 4 is 0 Å². The Morgan fingerprint density at radius 2 is 1.45 bits per heavy atom. The van der Waals surface area contributed by atoms with Crippen LogP contribution in [0.5, 0.6) is 0 Å². The van der Waals surface area contributed by atoms with Gasteiger partial charge in [-0.15, -0.1) is 0 Å². The lowest BCUT2D eigenvalue weighted by molar-refractivity contribution is -0.609. The Balaban J connectivity index is 1.74. The third kappa shape index (κ3) is 2.89. The van der Waals surface area contributed by atoms with Crippen LogP contribution in [0.15, 0.2) is 78.9 Å². The molecule has 2 heteroatoms. The van der Waals surface area contributed by atoms with Crippen molar-refractivity contribution in [3.63, 3.8) is 0 Å². The zero-order valence-electron chi connectivity index (χ0n) is 20.0. The number of rotatable bonds is 3. The third-order valence-corrected chi connectivity index (χ3v) is 8.19. The van der Waals surface area contributed by atoms with Crippen molar-refractivity contribution in [3.8, 4) is 11.4 Å². The molecule has 166 valence electrons. The van der Waals surface area contributed by atoms with Crippen molar-refractivity contribution in [1.29, 1.82) is 0 Å². The summed E-state index contributed by atoms with van der Waals surface area (Å²) in [7, 11) is 0. The molecule has 1 aromatic heterocycles. The van der Waals surface area contributed by atoms with Gasteiger partial charge in [0, 0.05) is 12.5 Å². The zero-order valence-corrected chi connectivity index (χ0v) is 20.0. The topological polar surface area (TPSA) is 8.81 Å². The van der Waals surface area contributed by atoms with Crippen LogP contribution in [0.2, 0.25) is 0 Å². The lowest BCUT2D eigenvalue weighted by atomic mass is 9.74. The summed E-state index contributed by atoms with van der Waals surface area (Å²) in [4.78, 5) is 0. The van der Waals surface area contributed by atoms with Crippen molar-refractivity contribution in [2.45, 2.75) is 64.2 Å². The molecule has 2 aliphatic rings. The molecule has 2 heterocycles. The van der Waals surface area contributed by atoms with Crippen LogP contribution < -0.4 is 4.57 Å². The molecule has 4 aromatic rings. The molecule has 3 aromatic carbocycles. The summed E-state index contributed by atoms with van der Waals surface area (Å²) in [5, 5.41) is 0. The van der Waals surface area contributed by atoms with Gasteiger partial charge in [-0.3, -0.25) is 0 Å². The number of hydrogen-bond donors (Lipinski definition) is 0. The predicted molar refractivity (Wildman–Crippen MR) is 135 cm³/mol. The molecule has 6 rings (SSSR count). The molecule has 1 unspecified atom stereocenters. The number of hydrogen-bond acceptors (Lipinski definition) is 0. The van der Waals surface area contributed by atoms with Gasteiger partial charge in [-0.1, -0.05) is 86.0 Å². The maximum absolute atomic E-state index is 2.65. The van der Waals surface area contributed by atoms with Crippen molar-refractivity contribution < 1.29 is 4.57 Å². The van der Waals surface area contributed by atoms with E-state index in [1.807, 2.05) is 0 Å². The monoisotopic (exact) mass is 433 g/mol. The minimum atomic E-state index is -0.181. The fourth-order valence-electron chi connectivity index (χ4n) is 6.61. The van der Waals surface area contributed by atoms with Crippen LogP contribution in [0.4, 0.5) is 0 Å². The van der Waals surface area contributed by atoms with Crippen LogP contribution in [-0.2, 0) is 5.41 Å².